The molecule has 0 saturated carbocycles. The molecule has 2 rings (SSSR count). The summed E-state index contributed by atoms with van der Waals surface area (Å²) in [5, 5.41) is 11.8. The average Bonchev–Trinajstić information content (AvgIpc) is 2.28. The quantitative estimate of drug-likeness (QED) is 0.781. The monoisotopic (exact) mass is 275 g/mol. The maximum atomic E-state index is 9.68. The lowest BCUT2D eigenvalue weighted by atomic mass is 10.1. The van der Waals surface area contributed by atoms with E-state index in [0.29, 0.717) is 5.75 Å². The van der Waals surface area contributed by atoms with Gasteiger partial charge >= 0.3 is 6.68 Å². The van der Waals surface area contributed by atoms with E-state index in [2.05, 4.69) is 18.6 Å². The van der Waals surface area contributed by atoms with Gasteiger partial charge in [-0.2, -0.15) is 13.2 Å². The van der Waals surface area contributed by atoms with Crippen molar-refractivity contribution in [2.45, 2.75) is 11.6 Å². The van der Waals surface area contributed by atoms with Crippen LogP contribution >= 0.6 is 0 Å². The molecular formula is C13H14F3OS+. The highest BCUT2D eigenvalue weighted by molar-refractivity contribution is 7.95. The third kappa shape index (κ3) is 3.84. The van der Waals surface area contributed by atoms with Crippen LogP contribution in [0.4, 0.5) is 13.2 Å². The summed E-state index contributed by atoms with van der Waals surface area (Å²) in [6, 6.07) is 11.8. The van der Waals surface area contributed by atoms with Crippen LogP contribution in [-0.2, 0) is 10.9 Å². The fourth-order valence-electron chi connectivity index (χ4n) is 1.61. The topological polar surface area (TPSA) is 20.2 Å². The molecule has 0 saturated heterocycles. The number of benzene rings is 2. The summed E-state index contributed by atoms with van der Waals surface area (Å²) in [5.74, 6) is 0.370. The third-order valence-corrected chi connectivity index (χ3v) is 3.54. The zero-order chi connectivity index (χ0) is 13.7. The van der Waals surface area contributed by atoms with Gasteiger partial charge in [-0.15, -0.1) is 0 Å². The lowest BCUT2D eigenvalue weighted by molar-refractivity contribution is 0.00819. The van der Waals surface area contributed by atoms with Crippen LogP contribution in [0.3, 0.4) is 0 Å². The van der Waals surface area contributed by atoms with Gasteiger partial charge in [0.1, 0.15) is 18.3 Å². The summed E-state index contributed by atoms with van der Waals surface area (Å²) >= 11 is 0. The third-order valence-electron chi connectivity index (χ3n) is 2.30. The van der Waals surface area contributed by atoms with Crippen LogP contribution in [0.25, 0.3) is 10.8 Å². The second-order valence-electron chi connectivity index (χ2n) is 3.69. The molecule has 0 unspecified atom stereocenters. The van der Waals surface area contributed by atoms with Crippen molar-refractivity contribution in [1.82, 2.24) is 0 Å². The van der Waals surface area contributed by atoms with Gasteiger partial charge in [-0.25, -0.2) is 0 Å². The van der Waals surface area contributed by atoms with E-state index < -0.39 is 6.68 Å². The highest BCUT2D eigenvalue weighted by Gasteiger charge is 2.14. The molecule has 18 heavy (non-hydrogen) atoms. The normalized spacial score (nSPS) is 10.6. The second-order valence-corrected chi connectivity index (χ2v) is 5.77. The van der Waals surface area contributed by atoms with Crippen LogP contribution in [0.15, 0.2) is 41.3 Å². The first kappa shape index (κ1) is 14.7. The SMILES string of the molecule is C[S+](C)c1ccc(O)c2ccccc12.FC(F)F. The zero-order valence-electron chi connectivity index (χ0n) is 10.0. The van der Waals surface area contributed by atoms with Crippen molar-refractivity contribution in [3.8, 4) is 5.75 Å². The molecule has 0 spiro atoms. The number of fused-ring (bicyclic) bond motifs is 1. The lowest BCUT2D eigenvalue weighted by Crippen LogP contribution is -1.96. The molecule has 98 valence electrons. The molecule has 0 radical (unpaired) electrons. The van der Waals surface area contributed by atoms with E-state index in [4.69, 9.17) is 0 Å². The van der Waals surface area contributed by atoms with E-state index in [0.717, 1.165) is 5.39 Å². The van der Waals surface area contributed by atoms with Gasteiger partial charge in [0, 0.05) is 21.7 Å². The zero-order valence-corrected chi connectivity index (χ0v) is 10.8. The molecule has 2 aromatic carbocycles. The number of hydrogen-bond acceptors (Lipinski definition) is 1. The molecule has 0 aliphatic heterocycles. The maximum absolute atomic E-state index is 9.68. The maximum Gasteiger partial charge on any atom is 0.379 e. The molecule has 0 fully saturated rings. The summed E-state index contributed by atoms with van der Waals surface area (Å²) in [6.45, 7) is -3.67. The van der Waals surface area contributed by atoms with Crippen molar-refractivity contribution in [3.63, 3.8) is 0 Å². The molecule has 0 aromatic heterocycles. The first-order chi connectivity index (χ1) is 8.43. The van der Waals surface area contributed by atoms with Gasteiger partial charge in [0.25, 0.3) is 0 Å². The summed E-state index contributed by atoms with van der Waals surface area (Å²) in [6.07, 6.45) is 4.39. The Balaban J connectivity index is 0.000000357. The number of rotatable bonds is 1. The first-order valence-electron chi connectivity index (χ1n) is 5.14. The molecule has 0 aliphatic rings. The standard InChI is InChI=1S/C12H12OS.CHF3/c1-14(2)12-8-7-11(13)9-5-3-4-6-10(9)12;2-1(3)4/h3-8H,1-2H3;1H/p+1. The number of phenolic OH excluding ortho intramolecular Hbond substituents is 1. The smallest absolute Gasteiger partial charge is 0.379 e. The Labute approximate surface area is 107 Å². The predicted molar refractivity (Wildman–Crippen MR) is 70.2 cm³/mol. The Bertz CT molecular complexity index is 512. The van der Waals surface area contributed by atoms with Gasteiger partial charge in [0.05, 0.1) is 0 Å². The molecular weight excluding hydrogens is 261 g/mol. The summed E-state index contributed by atoms with van der Waals surface area (Å²) in [5.41, 5.74) is 0. The minimum atomic E-state index is -3.67. The van der Waals surface area contributed by atoms with Crippen LogP contribution < -0.4 is 0 Å². The second kappa shape index (κ2) is 6.54. The van der Waals surface area contributed by atoms with Crippen LogP contribution in [-0.4, -0.2) is 24.3 Å². The molecule has 0 heterocycles. The highest BCUT2D eigenvalue weighted by atomic mass is 32.2. The van der Waals surface area contributed by atoms with Crippen molar-refractivity contribution >= 4 is 21.7 Å². The summed E-state index contributed by atoms with van der Waals surface area (Å²) in [4.78, 5) is 1.32. The Hall–Kier alpha value is -1.36. The van der Waals surface area contributed by atoms with Crippen molar-refractivity contribution in [1.29, 1.82) is 0 Å². The van der Waals surface area contributed by atoms with E-state index in [9.17, 15) is 18.3 Å². The predicted octanol–water partition coefficient (Wildman–Crippen LogP) is 3.96. The Morgan fingerprint density at radius 1 is 0.944 bits per heavy atom. The number of halogens is 3. The summed E-state index contributed by atoms with van der Waals surface area (Å²) < 4.78 is 29.0. The Morgan fingerprint density at radius 2 is 1.44 bits per heavy atom. The molecule has 0 amide bonds. The van der Waals surface area contributed by atoms with Crippen LogP contribution in [0.1, 0.15) is 0 Å². The average molecular weight is 275 g/mol. The molecule has 0 aliphatic carbocycles. The molecule has 5 heteroatoms. The molecule has 1 nitrogen and oxygen atoms in total. The fourth-order valence-corrected chi connectivity index (χ4v) is 2.57. The number of alkyl halides is 3. The minimum absolute atomic E-state index is 0.227. The minimum Gasteiger partial charge on any atom is -0.507 e. The van der Waals surface area contributed by atoms with Gasteiger partial charge in [-0.05, 0) is 18.2 Å². The Morgan fingerprint density at radius 3 is 1.94 bits per heavy atom. The fraction of sp³-hybridized carbons (Fsp3) is 0.231. The van der Waals surface area contributed by atoms with E-state index >= 15 is 0 Å². The number of hydrogen-bond donors (Lipinski definition) is 1. The highest BCUT2D eigenvalue weighted by Crippen LogP contribution is 2.29. The number of phenols is 1. The van der Waals surface area contributed by atoms with Gasteiger partial charge < -0.3 is 5.11 Å². The van der Waals surface area contributed by atoms with E-state index in [1.165, 1.54) is 10.3 Å². The van der Waals surface area contributed by atoms with Gasteiger partial charge in [-0.3, -0.25) is 0 Å². The van der Waals surface area contributed by atoms with Crippen molar-refractivity contribution < 1.29 is 18.3 Å². The van der Waals surface area contributed by atoms with Crippen molar-refractivity contribution in [2.24, 2.45) is 0 Å². The van der Waals surface area contributed by atoms with E-state index in [1.54, 1.807) is 6.07 Å². The molecule has 0 atom stereocenters. The largest absolute Gasteiger partial charge is 0.507 e. The van der Waals surface area contributed by atoms with Gasteiger partial charge in [0.2, 0.25) is 0 Å². The first-order valence-corrected chi connectivity index (χ1v) is 7.18. The van der Waals surface area contributed by atoms with Gasteiger partial charge in [0.15, 0.2) is 4.90 Å². The molecule has 2 aromatic rings. The lowest BCUT2D eigenvalue weighted by Gasteiger charge is -2.04. The van der Waals surface area contributed by atoms with Crippen molar-refractivity contribution in [3.05, 3.63) is 36.4 Å². The molecule has 1 N–H and O–H groups in total. The van der Waals surface area contributed by atoms with Crippen LogP contribution in [0, 0.1) is 0 Å². The Kier molecular flexibility index (Phi) is 5.34. The van der Waals surface area contributed by atoms with E-state index in [1.807, 2.05) is 24.3 Å². The number of aromatic hydroxyl groups is 1. The van der Waals surface area contributed by atoms with E-state index in [-0.39, 0.29) is 10.9 Å². The molecule has 0 bridgehead atoms. The van der Waals surface area contributed by atoms with Crippen LogP contribution in [0.2, 0.25) is 0 Å². The van der Waals surface area contributed by atoms with Crippen LogP contribution in [0.5, 0.6) is 5.75 Å². The van der Waals surface area contributed by atoms with Crippen molar-refractivity contribution in [2.75, 3.05) is 12.5 Å². The summed E-state index contributed by atoms with van der Waals surface area (Å²) in [7, 11) is 0.227. The van der Waals surface area contributed by atoms with Gasteiger partial charge in [-0.1, -0.05) is 18.2 Å².